The molecule has 69 heavy (non-hydrogen) atoms. The molecule has 0 unspecified atom stereocenters. The molecule has 18 heteroatoms. The zero-order valence-electron chi connectivity index (χ0n) is 40.4. The Kier molecular flexibility index (Phi) is 20.8. The average molecular weight is 952 g/mol. The van der Waals surface area contributed by atoms with Gasteiger partial charge in [0.25, 0.3) is 0 Å². The highest BCUT2D eigenvalue weighted by Gasteiger charge is 2.22. The number of anilines is 4. The molecule has 0 bridgehead atoms. The van der Waals surface area contributed by atoms with Crippen LogP contribution in [0.5, 0.6) is 23.1 Å². The first-order valence-corrected chi connectivity index (χ1v) is 22.9. The number of urea groups is 1. The van der Waals surface area contributed by atoms with Crippen LogP contribution >= 0.6 is 0 Å². The van der Waals surface area contributed by atoms with Crippen molar-refractivity contribution in [1.29, 1.82) is 0 Å². The molecular weight excluding hydrogens is 887 g/mol. The first kappa shape index (κ1) is 52.0. The van der Waals surface area contributed by atoms with Crippen LogP contribution in [0.4, 0.5) is 27.9 Å². The molecule has 370 valence electrons. The highest BCUT2D eigenvalue weighted by molar-refractivity contribution is 6.07. The number of amides is 2. The number of hydrogen-bond acceptors (Lipinski definition) is 15. The fraction of sp³-hybridized carbons (Fsp3) is 0.412. The Bertz CT molecular complexity index is 2480. The Morgan fingerprint density at radius 3 is 1.84 bits per heavy atom. The van der Waals surface area contributed by atoms with E-state index in [4.69, 9.17) is 52.5 Å². The number of carbonyl (C=O) groups is 1. The average Bonchev–Trinajstić information content (AvgIpc) is 3.77. The van der Waals surface area contributed by atoms with Gasteiger partial charge in [0.2, 0.25) is 11.8 Å². The maximum absolute atomic E-state index is 13.6. The normalized spacial score (nSPS) is 11.4. The third kappa shape index (κ3) is 17.3. The molecule has 2 heterocycles. The molecule has 0 aliphatic heterocycles. The number of nitrogens with one attached hydrogen (secondary N) is 3. The van der Waals surface area contributed by atoms with Crippen LogP contribution in [0.3, 0.4) is 0 Å². The largest absolute Gasteiger partial charge is 0.497 e. The number of nitrogens with zero attached hydrogens (tertiary/aromatic N) is 4. The van der Waals surface area contributed by atoms with Gasteiger partial charge in [-0.3, -0.25) is 5.32 Å². The van der Waals surface area contributed by atoms with Crippen LogP contribution in [0, 0.1) is 6.92 Å². The minimum Gasteiger partial charge on any atom is -0.497 e. The number of carbonyl (C=O) groups excluding carboxylic acids is 1. The number of fused-ring (bicyclic) bond motifs is 1. The van der Waals surface area contributed by atoms with E-state index in [2.05, 4.69) is 46.7 Å². The van der Waals surface area contributed by atoms with Crippen molar-refractivity contribution in [3.05, 3.63) is 108 Å². The van der Waals surface area contributed by atoms with Crippen LogP contribution in [0.2, 0.25) is 0 Å². The monoisotopic (exact) mass is 951 g/mol. The van der Waals surface area contributed by atoms with Crippen LogP contribution in [0.25, 0.3) is 16.5 Å². The van der Waals surface area contributed by atoms with Crippen LogP contribution in [-0.2, 0) is 38.6 Å². The lowest BCUT2D eigenvalue weighted by atomic mass is 9.92. The van der Waals surface area contributed by atoms with Crippen molar-refractivity contribution in [3.63, 3.8) is 0 Å². The minimum absolute atomic E-state index is 0.230. The van der Waals surface area contributed by atoms with Gasteiger partial charge < -0.3 is 58.0 Å². The first-order valence-electron chi connectivity index (χ1n) is 22.9. The molecule has 0 aliphatic carbocycles. The summed E-state index contributed by atoms with van der Waals surface area (Å²) in [5, 5.41) is 15.7. The molecule has 0 saturated heterocycles. The molecule has 0 fully saturated rings. The van der Waals surface area contributed by atoms with Gasteiger partial charge >= 0.3 is 6.03 Å². The number of aryl methyl sites for hydroxylation is 1. The van der Waals surface area contributed by atoms with Crippen molar-refractivity contribution < 1.29 is 52.2 Å². The highest BCUT2D eigenvalue weighted by Crippen LogP contribution is 2.35. The number of ether oxygens (including phenoxy) is 10. The van der Waals surface area contributed by atoms with E-state index >= 15 is 0 Å². The number of aromatic nitrogens is 4. The van der Waals surface area contributed by atoms with Crippen LogP contribution < -0.4 is 30.2 Å². The Labute approximate surface area is 403 Å². The third-order valence-electron chi connectivity index (χ3n) is 10.1. The molecule has 0 radical (unpaired) electrons. The van der Waals surface area contributed by atoms with Gasteiger partial charge in [0, 0.05) is 65.5 Å². The Hall–Kier alpha value is -6.38. The summed E-state index contributed by atoms with van der Waals surface area (Å²) >= 11 is 0. The van der Waals surface area contributed by atoms with E-state index in [1.165, 1.54) is 0 Å². The summed E-state index contributed by atoms with van der Waals surface area (Å²) in [6.07, 6.45) is 1.60. The number of benzene rings is 4. The SMILES string of the molecule is COCCOCCOCCOCCOCCOCCOCCOc1cc(Nc2nccc(Oc3ccc(NC(=O)Nc4cc(C(C)(C)C)nn4-c4ccc(C)cc4)c4ccccc34)n2)cc(OC)c1. The third-order valence-corrected chi connectivity index (χ3v) is 10.1. The van der Waals surface area contributed by atoms with E-state index in [-0.39, 0.29) is 5.41 Å². The predicted octanol–water partition coefficient (Wildman–Crippen LogP) is 8.73. The predicted molar refractivity (Wildman–Crippen MR) is 264 cm³/mol. The van der Waals surface area contributed by atoms with Gasteiger partial charge in [0.15, 0.2) is 0 Å². The molecule has 0 spiro atoms. The maximum atomic E-state index is 13.6. The van der Waals surface area contributed by atoms with Crippen molar-refractivity contribution in [2.45, 2.75) is 33.1 Å². The van der Waals surface area contributed by atoms with Crippen molar-refractivity contribution in [3.8, 4) is 28.8 Å². The van der Waals surface area contributed by atoms with E-state index in [0.717, 1.165) is 27.7 Å². The van der Waals surface area contributed by atoms with Crippen molar-refractivity contribution in [2.24, 2.45) is 0 Å². The zero-order chi connectivity index (χ0) is 48.7. The second-order valence-corrected chi connectivity index (χ2v) is 16.5. The van der Waals surface area contributed by atoms with Gasteiger partial charge in [-0.05, 0) is 31.2 Å². The summed E-state index contributed by atoms with van der Waals surface area (Å²) in [6, 6.07) is 27.8. The summed E-state index contributed by atoms with van der Waals surface area (Å²) in [5.41, 5.74) is 3.83. The summed E-state index contributed by atoms with van der Waals surface area (Å²) in [5.74, 6) is 2.84. The molecule has 2 amide bonds. The Morgan fingerprint density at radius 1 is 0.638 bits per heavy atom. The van der Waals surface area contributed by atoms with Gasteiger partial charge in [0.1, 0.15) is 29.7 Å². The van der Waals surface area contributed by atoms with Gasteiger partial charge in [-0.1, -0.05) is 62.7 Å². The van der Waals surface area contributed by atoms with E-state index in [9.17, 15) is 4.79 Å². The molecule has 6 aromatic rings. The lowest BCUT2D eigenvalue weighted by molar-refractivity contribution is -0.0199. The molecule has 0 aliphatic rings. The van der Waals surface area contributed by atoms with Crippen LogP contribution in [-0.4, -0.2) is 132 Å². The van der Waals surface area contributed by atoms with E-state index in [0.29, 0.717) is 139 Å². The fourth-order valence-electron chi connectivity index (χ4n) is 6.57. The summed E-state index contributed by atoms with van der Waals surface area (Å²) in [6.45, 7) is 14.9. The standard InChI is InChI=1S/C51H65N7O11/c1-37-11-13-39(14-12-37)58-47(36-46(57-58)51(2,3)4)55-50(59)54-44-15-16-45(43-10-8-7-9-42(43)44)69-48-17-18-52-49(56-48)53-38-33-40(61-6)35-41(34-38)68-32-31-67-30-29-66-28-27-65-26-25-64-24-23-63-22-21-62-20-19-60-5/h7-18,33-36H,19-32H2,1-6H3,(H,52,53,56)(H2,54,55,59). The van der Waals surface area contributed by atoms with E-state index in [1.807, 2.05) is 73.7 Å². The molecule has 6 rings (SSSR count). The second kappa shape index (κ2) is 27.6. The van der Waals surface area contributed by atoms with Gasteiger partial charge in [-0.25, -0.2) is 14.5 Å². The summed E-state index contributed by atoms with van der Waals surface area (Å²) < 4.78 is 57.6. The zero-order valence-corrected chi connectivity index (χ0v) is 40.4. The molecule has 18 nitrogen and oxygen atoms in total. The quantitative estimate of drug-likeness (QED) is 0.0363. The molecule has 0 atom stereocenters. The number of hydrogen-bond donors (Lipinski definition) is 3. The van der Waals surface area contributed by atoms with E-state index < -0.39 is 6.03 Å². The number of rotatable bonds is 30. The lowest BCUT2D eigenvalue weighted by Gasteiger charge is -2.14. The van der Waals surface area contributed by atoms with Gasteiger partial charge in [0.05, 0.1) is 110 Å². The van der Waals surface area contributed by atoms with Gasteiger partial charge in [-0.15, -0.1) is 0 Å². The lowest BCUT2D eigenvalue weighted by Crippen LogP contribution is -2.21. The molecule has 3 N–H and O–H groups in total. The van der Waals surface area contributed by atoms with Crippen molar-refractivity contribution in [2.75, 3.05) is 123 Å². The minimum atomic E-state index is -0.415. The van der Waals surface area contributed by atoms with Crippen LogP contribution in [0.1, 0.15) is 32.0 Å². The first-order chi connectivity index (χ1) is 33.6. The van der Waals surface area contributed by atoms with E-state index in [1.54, 1.807) is 49.4 Å². The maximum Gasteiger partial charge on any atom is 0.324 e. The van der Waals surface area contributed by atoms with Crippen molar-refractivity contribution in [1.82, 2.24) is 19.7 Å². The Balaban J connectivity index is 0.932. The highest BCUT2D eigenvalue weighted by atomic mass is 16.6. The van der Waals surface area contributed by atoms with Gasteiger partial charge in [-0.2, -0.15) is 10.1 Å². The van der Waals surface area contributed by atoms with Crippen molar-refractivity contribution >= 4 is 39.9 Å². The smallest absolute Gasteiger partial charge is 0.324 e. The molecule has 4 aromatic carbocycles. The molecule has 0 saturated carbocycles. The summed E-state index contributed by atoms with van der Waals surface area (Å²) in [4.78, 5) is 22.6. The second-order valence-electron chi connectivity index (χ2n) is 16.5. The Morgan fingerprint density at radius 2 is 1.23 bits per heavy atom. The topological polar surface area (TPSA) is 189 Å². The fourth-order valence-corrected chi connectivity index (χ4v) is 6.57. The number of methoxy groups -OCH3 is 2. The summed E-state index contributed by atoms with van der Waals surface area (Å²) in [7, 11) is 3.22. The molecular formula is C51H65N7O11. The molecule has 2 aromatic heterocycles. The van der Waals surface area contributed by atoms with Crippen LogP contribution in [0.15, 0.2) is 97.2 Å².